The van der Waals surface area contributed by atoms with E-state index in [-0.39, 0.29) is 5.75 Å². The molecule has 0 saturated heterocycles. The average molecular weight is 239 g/mol. The smallest absolute Gasteiger partial charge is 0.119 e. The van der Waals surface area contributed by atoms with Crippen molar-refractivity contribution in [1.29, 1.82) is 0 Å². The minimum absolute atomic E-state index is 0.270. The zero-order valence-electron chi connectivity index (χ0n) is 10.00. The Labute approximate surface area is 105 Å². The van der Waals surface area contributed by atoms with Crippen molar-refractivity contribution < 1.29 is 9.84 Å². The highest BCUT2D eigenvalue weighted by Gasteiger charge is 2.05. The zero-order valence-corrected chi connectivity index (χ0v) is 10.00. The first-order valence-corrected chi connectivity index (χ1v) is 5.72. The van der Waals surface area contributed by atoms with Crippen molar-refractivity contribution in [2.24, 2.45) is 0 Å². The van der Waals surface area contributed by atoms with Crippen LogP contribution in [0.3, 0.4) is 0 Å². The van der Waals surface area contributed by atoms with Gasteiger partial charge in [-0.2, -0.15) is 0 Å². The van der Waals surface area contributed by atoms with Gasteiger partial charge in [-0.1, -0.05) is 0 Å². The molecule has 3 aromatic rings. The van der Waals surface area contributed by atoms with Crippen molar-refractivity contribution in [2.75, 3.05) is 7.11 Å². The third-order valence-corrected chi connectivity index (χ3v) is 3.01. The Kier molecular flexibility index (Phi) is 2.45. The van der Waals surface area contributed by atoms with E-state index in [2.05, 4.69) is 0 Å². The number of ether oxygens (including phenoxy) is 1. The van der Waals surface area contributed by atoms with E-state index < -0.39 is 0 Å². The van der Waals surface area contributed by atoms with E-state index in [1.807, 2.05) is 47.0 Å². The average Bonchev–Trinajstić information content (AvgIpc) is 2.86. The molecule has 0 radical (unpaired) electrons. The molecule has 1 N–H and O–H groups in total. The fourth-order valence-electron chi connectivity index (χ4n) is 2.12. The lowest BCUT2D eigenvalue weighted by atomic mass is 10.1. The third kappa shape index (κ3) is 1.70. The van der Waals surface area contributed by atoms with Crippen molar-refractivity contribution >= 4 is 5.52 Å². The molecule has 2 aromatic heterocycles. The van der Waals surface area contributed by atoms with Gasteiger partial charge in [0.2, 0.25) is 0 Å². The number of benzene rings is 1. The molecule has 2 heterocycles. The van der Waals surface area contributed by atoms with E-state index in [0.717, 1.165) is 22.5 Å². The van der Waals surface area contributed by atoms with Crippen molar-refractivity contribution in [1.82, 2.24) is 4.40 Å². The first-order valence-electron chi connectivity index (χ1n) is 5.72. The number of aromatic nitrogens is 1. The molecule has 0 aliphatic carbocycles. The van der Waals surface area contributed by atoms with Crippen LogP contribution in [0.4, 0.5) is 0 Å². The zero-order chi connectivity index (χ0) is 12.5. The van der Waals surface area contributed by atoms with Crippen LogP contribution in [-0.2, 0) is 0 Å². The highest BCUT2D eigenvalue weighted by molar-refractivity contribution is 5.68. The number of hydrogen-bond acceptors (Lipinski definition) is 2. The predicted molar refractivity (Wildman–Crippen MR) is 71.0 cm³/mol. The number of pyridine rings is 1. The molecule has 1 aromatic carbocycles. The van der Waals surface area contributed by atoms with Crippen LogP contribution in [0, 0.1) is 0 Å². The molecule has 0 amide bonds. The fraction of sp³-hybridized carbons (Fsp3) is 0.0667. The van der Waals surface area contributed by atoms with E-state index in [4.69, 9.17) is 4.74 Å². The van der Waals surface area contributed by atoms with Crippen LogP contribution >= 0.6 is 0 Å². The molecule has 0 unspecified atom stereocenters. The van der Waals surface area contributed by atoms with Crippen LogP contribution in [0.5, 0.6) is 11.5 Å². The standard InChI is InChI=1S/C15H13NO2/c1-18-14-6-4-11(5-7-14)15-10-13(17)9-12-3-2-8-16(12)15/h2-10,17H,1H3. The lowest BCUT2D eigenvalue weighted by Crippen LogP contribution is -1.90. The molecule has 3 heteroatoms. The number of nitrogens with zero attached hydrogens (tertiary/aromatic N) is 1. The molecular weight excluding hydrogens is 226 g/mol. The van der Waals surface area contributed by atoms with Crippen LogP contribution in [0.1, 0.15) is 0 Å². The molecule has 90 valence electrons. The van der Waals surface area contributed by atoms with Gasteiger partial charge in [-0.05, 0) is 42.0 Å². The molecule has 3 rings (SSSR count). The summed E-state index contributed by atoms with van der Waals surface area (Å²) in [5, 5.41) is 9.75. The summed E-state index contributed by atoms with van der Waals surface area (Å²) >= 11 is 0. The van der Waals surface area contributed by atoms with Crippen LogP contribution in [0.15, 0.2) is 54.7 Å². The van der Waals surface area contributed by atoms with Gasteiger partial charge >= 0.3 is 0 Å². The molecule has 3 nitrogen and oxygen atoms in total. The highest BCUT2D eigenvalue weighted by atomic mass is 16.5. The van der Waals surface area contributed by atoms with Crippen molar-refractivity contribution in [2.45, 2.75) is 0 Å². The van der Waals surface area contributed by atoms with E-state index in [0.29, 0.717) is 0 Å². The Bertz CT molecular complexity index is 683. The van der Waals surface area contributed by atoms with Gasteiger partial charge < -0.3 is 14.2 Å². The summed E-state index contributed by atoms with van der Waals surface area (Å²) < 4.78 is 7.19. The molecule has 0 saturated carbocycles. The first-order chi connectivity index (χ1) is 8.78. The quantitative estimate of drug-likeness (QED) is 0.744. The SMILES string of the molecule is COc1ccc(-c2cc(O)cc3cccn23)cc1. The minimum Gasteiger partial charge on any atom is -0.508 e. The van der Waals surface area contributed by atoms with Gasteiger partial charge in [0, 0.05) is 23.8 Å². The summed E-state index contributed by atoms with van der Waals surface area (Å²) in [5.41, 5.74) is 2.96. The van der Waals surface area contributed by atoms with Gasteiger partial charge in [0.15, 0.2) is 0 Å². The summed E-state index contributed by atoms with van der Waals surface area (Å²) in [6, 6.07) is 15.2. The normalized spacial score (nSPS) is 10.7. The lowest BCUT2D eigenvalue weighted by molar-refractivity contribution is 0.415. The number of aromatic hydroxyl groups is 1. The lowest BCUT2D eigenvalue weighted by Gasteiger charge is -2.08. The Morgan fingerprint density at radius 3 is 2.56 bits per heavy atom. The van der Waals surface area contributed by atoms with E-state index >= 15 is 0 Å². The van der Waals surface area contributed by atoms with Gasteiger partial charge in [0.25, 0.3) is 0 Å². The summed E-state index contributed by atoms with van der Waals surface area (Å²) in [6.45, 7) is 0. The summed E-state index contributed by atoms with van der Waals surface area (Å²) in [5.74, 6) is 1.09. The van der Waals surface area contributed by atoms with E-state index in [1.54, 1.807) is 19.2 Å². The monoisotopic (exact) mass is 239 g/mol. The fourth-order valence-corrected chi connectivity index (χ4v) is 2.12. The molecule has 0 fully saturated rings. The summed E-state index contributed by atoms with van der Waals surface area (Å²) in [6.07, 6.45) is 1.98. The maximum absolute atomic E-state index is 9.75. The molecule has 0 spiro atoms. The molecule has 0 aliphatic rings. The summed E-state index contributed by atoms with van der Waals surface area (Å²) in [4.78, 5) is 0. The minimum atomic E-state index is 0.270. The van der Waals surface area contributed by atoms with E-state index in [1.165, 1.54) is 0 Å². The third-order valence-electron chi connectivity index (χ3n) is 3.01. The first kappa shape index (κ1) is 10.7. The second-order valence-corrected chi connectivity index (χ2v) is 4.13. The topological polar surface area (TPSA) is 33.9 Å². The van der Waals surface area contributed by atoms with Crippen LogP contribution in [-0.4, -0.2) is 16.6 Å². The van der Waals surface area contributed by atoms with Crippen molar-refractivity contribution in [3.63, 3.8) is 0 Å². The molecule has 0 atom stereocenters. The Morgan fingerprint density at radius 1 is 1.06 bits per heavy atom. The van der Waals surface area contributed by atoms with Gasteiger partial charge in [-0.3, -0.25) is 0 Å². The van der Waals surface area contributed by atoms with Gasteiger partial charge in [-0.15, -0.1) is 0 Å². The Hall–Kier alpha value is -2.42. The number of hydrogen-bond donors (Lipinski definition) is 1. The Balaban J connectivity index is 2.20. The van der Waals surface area contributed by atoms with Crippen LogP contribution in [0.2, 0.25) is 0 Å². The van der Waals surface area contributed by atoms with Gasteiger partial charge in [-0.25, -0.2) is 0 Å². The number of fused-ring (bicyclic) bond motifs is 1. The van der Waals surface area contributed by atoms with Crippen LogP contribution in [0.25, 0.3) is 16.8 Å². The number of methoxy groups -OCH3 is 1. The largest absolute Gasteiger partial charge is 0.508 e. The van der Waals surface area contributed by atoms with Gasteiger partial charge in [0.1, 0.15) is 11.5 Å². The maximum atomic E-state index is 9.75. The van der Waals surface area contributed by atoms with Crippen molar-refractivity contribution in [3.05, 3.63) is 54.7 Å². The molecule has 18 heavy (non-hydrogen) atoms. The molecule has 0 aliphatic heterocycles. The van der Waals surface area contributed by atoms with E-state index in [9.17, 15) is 5.11 Å². The molecular formula is C15H13NO2. The second kappa shape index (κ2) is 4.11. The second-order valence-electron chi connectivity index (χ2n) is 4.13. The number of rotatable bonds is 2. The van der Waals surface area contributed by atoms with Crippen LogP contribution < -0.4 is 4.74 Å². The highest BCUT2D eigenvalue weighted by Crippen LogP contribution is 2.27. The van der Waals surface area contributed by atoms with Gasteiger partial charge in [0.05, 0.1) is 12.8 Å². The Morgan fingerprint density at radius 2 is 1.83 bits per heavy atom. The molecule has 0 bridgehead atoms. The maximum Gasteiger partial charge on any atom is 0.119 e. The summed E-state index contributed by atoms with van der Waals surface area (Å²) in [7, 11) is 1.65. The predicted octanol–water partition coefficient (Wildman–Crippen LogP) is 3.32. The van der Waals surface area contributed by atoms with Crippen molar-refractivity contribution in [3.8, 4) is 22.8 Å².